The summed E-state index contributed by atoms with van der Waals surface area (Å²) < 4.78 is 22.5. The second kappa shape index (κ2) is 11.6. The summed E-state index contributed by atoms with van der Waals surface area (Å²) in [7, 11) is 1.76. The largest absolute Gasteiger partial charge is 0.344 e. The minimum atomic E-state index is -0.676. The SMILES string of the molecule is CC(=O)Cn1c(C(=O)NCc2ccn(C)n2)nc(NC(=O)c2nsc3ccccc23)c1[C@H](C)c1cc(F)ccc1Cl. The molecule has 41 heavy (non-hydrogen) atoms. The lowest BCUT2D eigenvalue weighted by Crippen LogP contribution is -2.28. The molecule has 13 heteroatoms. The molecule has 0 aliphatic carbocycles. The number of carbonyl (C=O) groups is 3. The zero-order chi connectivity index (χ0) is 29.3. The summed E-state index contributed by atoms with van der Waals surface area (Å²) in [6.07, 6.45) is 1.75. The Morgan fingerprint density at radius 3 is 2.63 bits per heavy atom. The van der Waals surface area contributed by atoms with Crippen LogP contribution in [0.1, 0.15) is 57.8 Å². The molecule has 0 saturated heterocycles. The lowest BCUT2D eigenvalue weighted by Gasteiger charge is -2.19. The van der Waals surface area contributed by atoms with E-state index in [9.17, 15) is 18.8 Å². The number of hydrogen-bond acceptors (Lipinski definition) is 7. The third-order valence-corrected chi connectivity index (χ3v) is 7.62. The van der Waals surface area contributed by atoms with Gasteiger partial charge in [-0.25, -0.2) is 9.37 Å². The van der Waals surface area contributed by atoms with E-state index < -0.39 is 23.5 Å². The summed E-state index contributed by atoms with van der Waals surface area (Å²) in [5.41, 5.74) is 1.51. The number of nitrogens with zero attached hydrogens (tertiary/aromatic N) is 5. The van der Waals surface area contributed by atoms with Crippen molar-refractivity contribution in [3.63, 3.8) is 0 Å². The molecular weight excluding hydrogens is 569 g/mol. The van der Waals surface area contributed by atoms with Gasteiger partial charge in [-0.1, -0.05) is 36.7 Å². The van der Waals surface area contributed by atoms with Crippen molar-refractivity contribution in [2.24, 2.45) is 7.05 Å². The molecular formula is C28H25ClFN7O3S. The molecule has 10 nitrogen and oxygen atoms in total. The summed E-state index contributed by atoms with van der Waals surface area (Å²) in [4.78, 5) is 43.8. The van der Waals surface area contributed by atoms with Crippen LogP contribution in [0.15, 0.2) is 54.7 Å². The van der Waals surface area contributed by atoms with Crippen molar-refractivity contribution in [3.05, 3.63) is 94.0 Å². The van der Waals surface area contributed by atoms with Crippen molar-refractivity contribution in [2.45, 2.75) is 32.9 Å². The van der Waals surface area contributed by atoms with Crippen LogP contribution in [-0.4, -0.2) is 41.3 Å². The number of Topliss-reactive ketones (excluding diaryl/α,β-unsaturated/α-hetero) is 1. The van der Waals surface area contributed by atoms with Crippen LogP contribution in [0, 0.1) is 5.82 Å². The van der Waals surface area contributed by atoms with Gasteiger partial charge in [0.15, 0.2) is 5.82 Å². The molecule has 5 rings (SSSR count). The molecule has 0 aliphatic rings. The number of ketones is 1. The molecule has 0 spiro atoms. The minimum Gasteiger partial charge on any atom is -0.344 e. The van der Waals surface area contributed by atoms with Crippen LogP contribution in [0.5, 0.6) is 0 Å². The highest BCUT2D eigenvalue weighted by atomic mass is 35.5. The normalized spacial score (nSPS) is 11.9. The second-order valence-corrected chi connectivity index (χ2v) is 10.7. The lowest BCUT2D eigenvalue weighted by molar-refractivity contribution is -0.117. The molecule has 0 fully saturated rings. The standard InChI is InChI=1S/C28H25ClFN7O3S/c1-15(38)14-37-24(16(2)20-12-17(30)8-9-21(20)29)25(32-26(37)28(40)31-13-18-10-11-36(3)34-18)33-27(39)23-19-6-4-5-7-22(19)41-35-23/h4-12,16H,13-14H2,1-3H3,(H,31,40)(H,33,39)/t16-/m1/s1. The number of imidazole rings is 1. The van der Waals surface area contributed by atoms with Gasteiger partial charge in [0, 0.05) is 29.6 Å². The summed E-state index contributed by atoms with van der Waals surface area (Å²) in [5.74, 6) is -2.66. The van der Waals surface area contributed by atoms with Gasteiger partial charge in [-0.2, -0.15) is 9.47 Å². The van der Waals surface area contributed by atoms with Gasteiger partial charge in [-0.15, -0.1) is 0 Å². The van der Waals surface area contributed by atoms with E-state index >= 15 is 0 Å². The molecule has 5 aromatic rings. The summed E-state index contributed by atoms with van der Waals surface area (Å²) in [6, 6.07) is 13.0. The molecule has 0 unspecified atom stereocenters. The smallest absolute Gasteiger partial charge is 0.287 e. The zero-order valence-electron chi connectivity index (χ0n) is 22.3. The summed E-state index contributed by atoms with van der Waals surface area (Å²) >= 11 is 7.62. The quantitative estimate of drug-likeness (QED) is 0.249. The number of carbonyl (C=O) groups excluding carboxylic acids is 3. The van der Waals surface area contributed by atoms with Gasteiger partial charge in [0.25, 0.3) is 11.8 Å². The summed E-state index contributed by atoms with van der Waals surface area (Å²) in [6.45, 7) is 3.00. The Hall–Kier alpha value is -4.42. The molecule has 3 heterocycles. The molecule has 1 atom stereocenters. The molecule has 2 aromatic carbocycles. The lowest BCUT2D eigenvalue weighted by atomic mass is 9.96. The van der Waals surface area contributed by atoms with Crippen molar-refractivity contribution >= 4 is 56.6 Å². The first kappa shape index (κ1) is 28.1. The van der Waals surface area contributed by atoms with Gasteiger partial charge in [0.1, 0.15) is 17.3 Å². The molecule has 0 aliphatic heterocycles. The van der Waals surface area contributed by atoms with E-state index in [1.165, 1.54) is 41.2 Å². The number of fused-ring (bicyclic) bond motifs is 1. The first-order valence-electron chi connectivity index (χ1n) is 12.6. The number of rotatable bonds is 9. The maximum atomic E-state index is 14.3. The van der Waals surface area contributed by atoms with E-state index in [-0.39, 0.29) is 41.2 Å². The second-order valence-electron chi connectivity index (χ2n) is 9.49. The number of halogens is 2. The Kier molecular flexibility index (Phi) is 7.95. The monoisotopic (exact) mass is 593 g/mol. The zero-order valence-corrected chi connectivity index (χ0v) is 23.9. The van der Waals surface area contributed by atoms with Gasteiger partial charge in [0.05, 0.1) is 29.2 Å². The first-order valence-corrected chi connectivity index (χ1v) is 13.7. The van der Waals surface area contributed by atoms with E-state index in [4.69, 9.17) is 11.6 Å². The Bertz CT molecular complexity index is 1790. The van der Waals surface area contributed by atoms with Crippen LogP contribution in [-0.2, 0) is 24.9 Å². The van der Waals surface area contributed by atoms with Crippen molar-refractivity contribution in [3.8, 4) is 0 Å². The van der Waals surface area contributed by atoms with E-state index in [2.05, 4.69) is 25.1 Å². The topological polar surface area (TPSA) is 124 Å². The Balaban J connectivity index is 1.60. The third kappa shape index (κ3) is 5.88. The Morgan fingerprint density at radius 2 is 1.90 bits per heavy atom. The van der Waals surface area contributed by atoms with Crippen LogP contribution in [0.3, 0.4) is 0 Å². The maximum absolute atomic E-state index is 14.3. The minimum absolute atomic E-state index is 0.0316. The van der Waals surface area contributed by atoms with Crippen LogP contribution in [0.2, 0.25) is 5.02 Å². The molecule has 0 bridgehead atoms. The predicted octanol–water partition coefficient (Wildman–Crippen LogP) is 4.94. The van der Waals surface area contributed by atoms with Crippen LogP contribution in [0.25, 0.3) is 10.1 Å². The fraction of sp³-hybridized carbons (Fsp3) is 0.214. The highest BCUT2D eigenvalue weighted by Gasteiger charge is 2.30. The molecule has 210 valence electrons. The van der Waals surface area contributed by atoms with Gasteiger partial charge in [0.2, 0.25) is 5.82 Å². The fourth-order valence-electron chi connectivity index (χ4n) is 4.57. The number of aromatic nitrogens is 5. The number of anilines is 1. The Labute approximate surface area is 243 Å². The van der Waals surface area contributed by atoms with Crippen LogP contribution >= 0.6 is 23.1 Å². The van der Waals surface area contributed by atoms with Gasteiger partial charge in [-0.05, 0) is 54.4 Å². The number of hydrogen-bond donors (Lipinski definition) is 2. The third-order valence-electron chi connectivity index (χ3n) is 6.45. The van der Waals surface area contributed by atoms with Crippen molar-refractivity contribution < 1.29 is 18.8 Å². The molecule has 3 aromatic heterocycles. The molecule has 0 radical (unpaired) electrons. The molecule has 0 saturated carbocycles. The predicted molar refractivity (Wildman–Crippen MR) is 154 cm³/mol. The number of amides is 2. The van der Waals surface area contributed by atoms with Gasteiger partial charge < -0.3 is 15.2 Å². The number of aryl methyl sites for hydroxylation is 1. The van der Waals surface area contributed by atoms with E-state index in [0.717, 1.165) is 4.70 Å². The highest BCUT2D eigenvalue weighted by molar-refractivity contribution is 7.13. The number of benzene rings is 2. The Morgan fingerprint density at radius 1 is 1.12 bits per heavy atom. The first-order chi connectivity index (χ1) is 19.6. The average Bonchev–Trinajstić information content (AvgIpc) is 3.65. The van der Waals surface area contributed by atoms with Crippen LogP contribution in [0.4, 0.5) is 10.2 Å². The van der Waals surface area contributed by atoms with E-state index in [1.807, 2.05) is 12.1 Å². The van der Waals surface area contributed by atoms with Crippen molar-refractivity contribution in [1.29, 1.82) is 0 Å². The molecule has 2 N–H and O–H groups in total. The van der Waals surface area contributed by atoms with E-state index in [1.54, 1.807) is 43.0 Å². The van der Waals surface area contributed by atoms with Crippen molar-refractivity contribution in [1.82, 2.24) is 29.0 Å². The van der Waals surface area contributed by atoms with Crippen molar-refractivity contribution in [2.75, 3.05) is 5.32 Å². The van der Waals surface area contributed by atoms with Gasteiger partial charge >= 0.3 is 0 Å². The van der Waals surface area contributed by atoms with E-state index in [0.29, 0.717) is 22.3 Å². The average molecular weight is 594 g/mol. The van der Waals surface area contributed by atoms with Crippen LogP contribution < -0.4 is 10.6 Å². The fourth-order valence-corrected chi connectivity index (χ4v) is 5.62. The highest BCUT2D eigenvalue weighted by Crippen LogP contribution is 2.36. The maximum Gasteiger partial charge on any atom is 0.287 e. The number of nitrogens with one attached hydrogen (secondary N) is 2. The van der Waals surface area contributed by atoms with Gasteiger partial charge in [-0.3, -0.25) is 19.1 Å². The molecule has 2 amide bonds. The summed E-state index contributed by atoms with van der Waals surface area (Å²) in [5, 5.41) is 10.7.